The molecule has 0 saturated carbocycles. The Hall–Kier alpha value is -15.2. The molecule has 586 valence electrons. The second kappa shape index (κ2) is 24.8. The molecule has 0 unspecified atom stereocenters. The van der Waals surface area contributed by atoms with E-state index in [4.69, 9.17) is 29.9 Å². The van der Waals surface area contributed by atoms with Crippen LogP contribution in [0.25, 0.3) is 264 Å². The highest BCUT2D eigenvalue weighted by Crippen LogP contribution is 2.56. The van der Waals surface area contributed by atoms with Crippen LogP contribution in [0.4, 0.5) is 0 Å². The van der Waals surface area contributed by atoms with Crippen LogP contribution in [0.1, 0.15) is 49.9 Å². The lowest BCUT2D eigenvalue weighted by Gasteiger charge is -2.22. The minimum absolute atomic E-state index is 0.000549. The van der Waals surface area contributed by atoms with Crippen LogP contribution in [0.15, 0.2) is 334 Å². The van der Waals surface area contributed by atoms with Crippen LogP contribution in [0.2, 0.25) is 0 Å². The van der Waals surface area contributed by atoms with Gasteiger partial charge in [-0.25, -0.2) is 29.9 Å². The van der Waals surface area contributed by atoms with Crippen molar-refractivity contribution in [1.29, 1.82) is 0 Å². The Kier molecular flexibility index (Phi) is 13.7. The molecule has 12 heterocycles. The van der Waals surface area contributed by atoms with Crippen LogP contribution >= 0.6 is 34.0 Å². The Morgan fingerprint density at radius 2 is 0.548 bits per heavy atom. The molecule has 0 spiro atoms. The van der Waals surface area contributed by atoms with Crippen molar-refractivity contribution in [3.8, 4) is 55.6 Å². The molecule has 0 bridgehead atoms. The van der Waals surface area contributed by atoms with Gasteiger partial charge in [0, 0.05) is 120 Å². The average Bonchev–Trinajstić information content (AvgIpc) is 1.52. The first-order valence-electron chi connectivity index (χ1n) is 43.1. The zero-order valence-electron chi connectivity index (χ0n) is 68.5. The molecule has 0 atom stereocenters. The standard InChI is InChI=1S/2C41H25N3S.C32H17N3S/c1-41(2)29-11-5-3-9-24(29)25-17-15-23(20-30(25)41)22-16-18-33-27(19-22)37-36-26-10-4-8-14-34(26)45-35(36)21-28-38-40(44(33)39(28)37)43-32-13-7-6-12-31(32)42-38;1-41(2)29-11-5-3-9-24(29)26-19-22(15-17-30(26)41)23-16-18-33-27(20-23)37-36-25-10-4-8-14-34(25)45-35(36)21-28-38-40(44(33)39(28)37)43-32-13-7-6-12-31(32)42-38;1-2-8-18(9-3-1)19-14-15-20-25(16-19)35-31-22(30-32(35)34-24-12-6-5-11-23(24)33-30)17-27-28(29(20)31)21-10-4-7-13-26(21)36-27/h2*3-21H,1-2H3;1-17H. The van der Waals surface area contributed by atoms with E-state index in [9.17, 15) is 0 Å². The summed E-state index contributed by atoms with van der Waals surface area (Å²) in [6.07, 6.45) is 0. The summed E-state index contributed by atoms with van der Waals surface area (Å²) in [5.41, 5.74) is 36.8. The smallest absolute Gasteiger partial charge is 0.165 e. The van der Waals surface area contributed by atoms with Crippen molar-refractivity contribution in [1.82, 2.24) is 43.1 Å². The van der Waals surface area contributed by atoms with Crippen molar-refractivity contribution in [3.05, 3.63) is 356 Å². The topological polar surface area (TPSA) is 90.6 Å². The van der Waals surface area contributed by atoms with Gasteiger partial charge >= 0.3 is 0 Å². The van der Waals surface area contributed by atoms with Gasteiger partial charge in [0.15, 0.2) is 16.9 Å². The summed E-state index contributed by atoms with van der Waals surface area (Å²) in [7, 11) is 0. The van der Waals surface area contributed by atoms with E-state index in [0.717, 1.165) is 66.6 Å². The van der Waals surface area contributed by atoms with Crippen molar-refractivity contribution in [2.75, 3.05) is 0 Å². The van der Waals surface area contributed by atoms with Crippen LogP contribution in [-0.4, -0.2) is 43.1 Å². The molecule has 0 radical (unpaired) electrons. The van der Waals surface area contributed by atoms with E-state index in [1.54, 1.807) is 0 Å². The molecule has 9 nitrogen and oxygen atoms in total. The molecule has 31 rings (SSSR count). The number of aromatic nitrogens is 9. The molecule has 29 aromatic rings. The number of benzene rings is 17. The van der Waals surface area contributed by atoms with Gasteiger partial charge in [-0.15, -0.1) is 34.0 Å². The van der Waals surface area contributed by atoms with Crippen LogP contribution in [0.5, 0.6) is 0 Å². The van der Waals surface area contributed by atoms with Gasteiger partial charge < -0.3 is 0 Å². The zero-order chi connectivity index (χ0) is 82.6. The number of thiophene rings is 3. The number of para-hydroxylation sites is 6. The SMILES string of the molecule is CC1(C)c2ccccc2-c2cc(-c3ccc4c(c3)c3c5c(cc6c7nc8ccccc8nc7n4c63)sc3ccccc35)ccc21.CC1(C)c2ccccc2-c2ccc(-c3ccc4c(c3)c3c5c(cc6c7nc8ccccc8nc7n4c63)sc3ccccc35)cc21.c1ccc(-c2ccc3c4c5c(cc6c7nc8ccccc8nc7n(c3c2)c64)sc2ccccc25)cc1. The molecule has 0 fully saturated rings. The van der Waals surface area contributed by atoms with E-state index in [1.165, 1.54) is 220 Å². The van der Waals surface area contributed by atoms with Crippen LogP contribution in [0, 0.1) is 0 Å². The lowest BCUT2D eigenvalue weighted by molar-refractivity contribution is 0.660. The third-order valence-corrected chi connectivity index (χ3v) is 31.5. The summed E-state index contributed by atoms with van der Waals surface area (Å²) in [5, 5.41) is 19.2. The van der Waals surface area contributed by atoms with Crippen molar-refractivity contribution in [3.63, 3.8) is 0 Å². The second-order valence-corrected chi connectivity index (χ2v) is 38.7. The highest BCUT2D eigenvalue weighted by molar-refractivity contribution is 7.27. The zero-order valence-corrected chi connectivity index (χ0v) is 71.0. The van der Waals surface area contributed by atoms with E-state index in [1.807, 2.05) is 70.4 Å². The molecular weight excluding hydrogens is 1590 g/mol. The molecule has 12 aromatic heterocycles. The first kappa shape index (κ1) is 69.4. The summed E-state index contributed by atoms with van der Waals surface area (Å²) in [5.74, 6) is 0. The van der Waals surface area contributed by atoms with E-state index < -0.39 is 0 Å². The normalized spacial score (nSPS) is 13.7. The van der Waals surface area contributed by atoms with Crippen molar-refractivity contribution < 1.29 is 0 Å². The van der Waals surface area contributed by atoms with Crippen LogP contribution < -0.4 is 0 Å². The van der Waals surface area contributed by atoms with E-state index in [2.05, 4.69) is 338 Å². The molecule has 2 aliphatic rings. The number of nitrogens with zero attached hydrogens (tertiary/aromatic N) is 9. The summed E-state index contributed by atoms with van der Waals surface area (Å²) < 4.78 is 14.9. The summed E-state index contributed by atoms with van der Waals surface area (Å²) in [6, 6.07) is 121. The maximum absolute atomic E-state index is 5.21. The Morgan fingerprint density at radius 1 is 0.206 bits per heavy atom. The Morgan fingerprint density at radius 3 is 1.03 bits per heavy atom. The van der Waals surface area contributed by atoms with Gasteiger partial charge in [-0.05, 0) is 193 Å². The van der Waals surface area contributed by atoms with Gasteiger partial charge in [0.25, 0.3) is 0 Å². The lowest BCUT2D eigenvalue weighted by atomic mass is 9.81. The maximum Gasteiger partial charge on any atom is 0.165 e. The number of fused-ring (bicyclic) bond motifs is 39. The molecular formula is C114H67N9S3. The molecule has 0 saturated heterocycles. The van der Waals surface area contributed by atoms with E-state index >= 15 is 0 Å². The predicted molar refractivity (Wildman–Crippen MR) is 533 cm³/mol. The average molecular weight is 1660 g/mol. The van der Waals surface area contributed by atoms with Crippen LogP contribution in [0.3, 0.4) is 0 Å². The summed E-state index contributed by atoms with van der Waals surface area (Å²) >= 11 is 5.60. The number of hydrogen-bond donors (Lipinski definition) is 0. The van der Waals surface area contributed by atoms with E-state index in [0.29, 0.717) is 0 Å². The summed E-state index contributed by atoms with van der Waals surface area (Å²) in [4.78, 5) is 31.1. The molecule has 0 aliphatic heterocycles. The predicted octanol–water partition coefficient (Wildman–Crippen LogP) is 31.1. The summed E-state index contributed by atoms with van der Waals surface area (Å²) in [6.45, 7) is 9.39. The number of rotatable bonds is 3. The molecule has 0 amide bonds. The second-order valence-electron chi connectivity index (χ2n) is 35.4. The van der Waals surface area contributed by atoms with Crippen molar-refractivity contribution in [2.24, 2.45) is 0 Å². The third kappa shape index (κ3) is 9.25. The minimum Gasteiger partial charge on any atom is -0.291 e. The molecule has 126 heavy (non-hydrogen) atoms. The molecule has 2 aliphatic carbocycles. The Bertz CT molecular complexity index is 9910. The number of hydrogen-bond acceptors (Lipinski definition) is 9. The van der Waals surface area contributed by atoms with Gasteiger partial charge in [0.2, 0.25) is 0 Å². The molecule has 12 heteroatoms. The third-order valence-electron chi connectivity index (χ3n) is 28.1. The minimum atomic E-state index is -0.0370. The van der Waals surface area contributed by atoms with Gasteiger partial charge in [-0.2, -0.15) is 0 Å². The van der Waals surface area contributed by atoms with Crippen LogP contribution in [-0.2, 0) is 10.8 Å². The quantitative estimate of drug-likeness (QED) is 0.175. The maximum atomic E-state index is 5.21. The fourth-order valence-electron chi connectivity index (χ4n) is 22.4. The Balaban J connectivity index is 0.0000000948. The fraction of sp³-hybridized carbons (Fsp3) is 0.0526. The van der Waals surface area contributed by atoms with Gasteiger partial charge in [0.05, 0.1) is 66.2 Å². The fourth-order valence-corrected chi connectivity index (χ4v) is 25.9. The monoisotopic (exact) mass is 1660 g/mol. The molecule has 17 aromatic carbocycles. The lowest BCUT2D eigenvalue weighted by Crippen LogP contribution is -2.14. The van der Waals surface area contributed by atoms with Crippen molar-refractivity contribution >= 4 is 243 Å². The molecule has 0 N–H and O–H groups in total. The highest BCUT2D eigenvalue weighted by atomic mass is 32.1. The first-order chi connectivity index (χ1) is 62.0. The van der Waals surface area contributed by atoms with Crippen molar-refractivity contribution in [2.45, 2.75) is 38.5 Å². The highest BCUT2D eigenvalue weighted by Gasteiger charge is 2.38. The van der Waals surface area contributed by atoms with Gasteiger partial charge in [-0.3, -0.25) is 13.2 Å². The Labute approximate surface area is 730 Å². The van der Waals surface area contributed by atoms with Gasteiger partial charge in [-0.1, -0.05) is 246 Å². The largest absolute Gasteiger partial charge is 0.291 e. The first-order valence-corrected chi connectivity index (χ1v) is 45.6. The van der Waals surface area contributed by atoms with E-state index in [-0.39, 0.29) is 10.8 Å². The van der Waals surface area contributed by atoms with Gasteiger partial charge in [0.1, 0.15) is 16.6 Å².